The van der Waals surface area contributed by atoms with Crippen molar-refractivity contribution in [3.63, 3.8) is 0 Å². The Morgan fingerprint density at radius 2 is 1.89 bits per heavy atom. The molecule has 1 heterocycles. The standard InChI is InChI=1S/C21H15ClN2O4/c1-3-10-28-18-9-6-14(12-17(18)22)11-16-19(25)23-21(27)24(20(16)26)15-7-4-13(2)5-8-15/h1,4-9,11-12H,10H2,2H3,(H,23,25,27)/b16-11+. The molecule has 0 radical (unpaired) electrons. The van der Waals surface area contributed by atoms with Crippen LogP contribution in [0.3, 0.4) is 0 Å². The molecule has 1 saturated heterocycles. The van der Waals surface area contributed by atoms with Crippen LogP contribution in [0.15, 0.2) is 48.0 Å². The molecule has 28 heavy (non-hydrogen) atoms. The fraction of sp³-hybridized carbons (Fsp3) is 0.0952. The van der Waals surface area contributed by atoms with Gasteiger partial charge >= 0.3 is 6.03 Å². The normalized spacial score (nSPS) is 15.4. The molecule has 7 heteroatoms. The van der Waals surface area contributed by atoms with E-state index in [-0.39, 0.29) is 17.2 Å². The van der Waals surface area contributed by atoms with Crippen molar-refractivity contribution in [3.8, 4) is 18.1 Å². The van der Waals surface area contributed by atoms with E-state index < -0.39 is 17.8 Å². The number of amides is 4. The van der Waals surface area contributed by atoms with E-state index in [1.165, 1.54) is 12.1 Å². The van der Waals surface area contributed by atoms with Crippen molar-refractivity contribution in [1.82, 2.24) is 5.32 Å². The number of carbonyl (C=O) groups excluding carboxylic acids is 3. The maximum absolute atomic E-state index is 12.8. The van der Waals surface area contributed by atoms with Crippen LogP contribution in [-0.2, 0) is 9.59 Å². The molecule has 2 aromatic rings. The Morgan fingerprint density at radius 1 is 1.18 bits per heavy atom. The minimum atomic E-state index is -0.799. The molecule has 2 aromatic carbocycles. The van der Waals surface area contributed by atoms with Crippen molar-refractivity contribution in [2.75, 3.05) is 11.5 Å². The Hall–Kier alpha value is -3.56. The van der Waals surface area contributed by atoms with E-state index in [1.807, 2.05) is 6.92 Å². The van der Waals surface area contributed by atoms with Gasteiger partial charge in [0.05, 0.1) is 10.7 Å². The van der Waals surface area contributed by atoms with Crippen molar-refractivity contribution in [2.45, 2.75) is 6.92 Å². The molecular formula is C21H15ClN2O4. The molecule has 4 amide bonds. The summed E-state index contributed by atoms with van der Waals surface area (Å²) in [6.45, 7) is 1.95. The van der Waals surface area contributed by atoms with Crippen LogP contribution in [0.4, 0.5) is 10.5 Å². The highest BCUT2D eigenvalue weighted by molar-refractivity contribution is 6.39. The monoisotopic (exact) mass is 394 g/mol. The summed E-state index contributed by atoms with van der Waals surface area (Å²) in [7, 11) is 0. The van der Waals surface area contributed by atoms with Crippen LogP contribution in [0.2, 0.25) is 5.02 Å². The summed E-state index contributed by atoms with van der Waals surface area (Å²) in [6.07, 6.45) is 6.51. The van der Waals surface area contributed by atoms with Crippen LogP contribution >= 0.6 is 11.6 Å². The largest absolute Gasteiger partial charge is 0.479 e. The number of nitrogens with zero attached hydrogens (tertiary/aromatic N) is 1. The van der Waals surface area contributed by atoms with Gasteiger partial charge in [-0.15, -0.1) is 6.42 Å². The summed E-state index contributed by atoms with van der Waals surface area (Å²) in [5.74, 6) is 1.23. The number of hydrogen-bond acceptors (Lipinski definition) is 4. The minimum absolute atomic E-state index is 0.0642. The van der Waals surface area contributed by atoms with Crippen molar-refractivity contribution in [3.05, 3.63) is 64.2 Å². The molecule has 0 aromatic heterocycles. The third kappa shape index (κ3) is 3.90. The van der Waals surface area contributed by atoms with E-state index in [4.69, 9.17) is 22.8 Å². The first-order chi connectivity index (χ1) is 13.4. The number of nitrogens with one attached hydrogen (secondary N) is 1. The molecule has 0 unspecified atom stereocenters. The molecule has 0 aliphatic carbocycles. The van der Waals surface area contributed by atoms with Gasteiger partial charge in [0.25, 0.3) is 11.8 Å². The number of benzene rings is 2. The maximum Gasteiger partial charge on any atom is 0.335 e. The number of carbonyl (C=O) groups is 3. The molecule has 0 bridgehead atoms. The van der Waals surface area contributed by atoms with Crippen LogP contribution < -0.4 is 15.0 Å². The number of imide groups is 2. The number of aryl methyl sites for hydroxylation is 1. The summed E-state index contributed by atoms with van der Waals surface area (Å²) in [5.41, 5.74) is 1.65. The molecule has 1 aliphatic heterocycles. The number of anilines is 1. The highest BCUT2D eigenvalue weighted by Crippen LogP contribution is 2.27. The van der Waals surface area contributed by atoms with Gasteiger partial charge < -0.3 is 4.74 Å². The lowest BCUT2D eigenvalue weighted by Crippen LogP contribution is -2.54. The van der Waals surface area contributed by atoms with Gasteiger partial charge in [0.1, 0.15) is 17.9 Å². The van der Waals surface area contributed by atoms with Crippen molar-refractivity contribution >= 4 is 41.2 Å². The zero-order valence-electron chi connectivity index (χ0n) is 14.9. The van der Waals surface area contributed by atoms with Crippen molar-refractivity contribution in [1.29, 1.82) is 0 Å². The van der Waals surface area contributed by atoms with E-state index in [9.17, 15) is 14.4 Å². The van der Waals surface area contributed by atoms with E-state index in [0.29, 0.717) is 17.0 Å². The Balaban J connectivity index is 1.94. The Kier molecular flexibility index (Phi) is 5.48. The second-order valence-electron chi connectivity index (χ2n) is 5.98. The number of urea groups is 1. The first-order valence-electron chi connectivity index (χ1n) is 8.24. The van der Waals surface area contributed by atoms with Gasteiger partial charge in [0.2, 0.25) is 0 Å². The Bertz CT molecular complexity index is 1040. The maximum atomic E-state index is 12.8. The Morgan fingerprint density at radius 3 is 2.54 bits per heavy atom. The summed E-state index contributed by atoms with van der Waals surface area (Å²) in [6, 6.07) is 10.7. The SMILES string of the molecule is C#CCOc1ccc(/C=C2\C(=O)NC(=O)N(c3ccc(C)cc3)C2=O)cc1Cl. The summed E-state index contributed by atoms with van der Waals surface area (Å²) in [4.78, 5) is 38.1. The predicted molar refractivity (Wildman–Crippen MR) is 106 cm³/mol. The van der Waals surface area contributed by atoms with Gasteiger partial charge in [0, 0.05) is 0 Å². The minimum Gasteiger partial charge on any atom is -0.479 e. The van der Waals surface area contributed by atoms with Crippen LogP contribution in [0.1, 0.15) is 11.1 Å². The molecule has 140 valence electrons. The number of terminal acetylenes is 1. The van der Waals surface area contributed by atoms with E-state index in [1.54, 1.807) is 36.4 Å². The molecular weight excluding hydrogens is 380 g/mol. The average molecular weight is 395 g/mol. The highest BCUT2D eigenvalue weighted by Gasteiger charge is 2.36. The van der Waals surface area contributed by atoms with Crippen LogP contribution in [0.5, 0.6) is 5.75 Å². The zero-order valence-corrected chi connectivity index (χ0v) is 15.6. The van der Waals surface area contributed by atoms with Crippen LogP contribution in [-0.4, -0.2) is 24.5 Å². The smallest absolute Gasteiger partial charge is 0.335 e. The molecule has 0 atom stereocenters. The van der Waals surface area contributed by atoms with Gasteiger partial charge in [-0.3, -0.25) is 14.9 Å². The average Bonchev–Trinajstić information content (AvgIpc) is 2.66. The number of barbiturate groups is 1. The third-order valence-electron chi connectivity index (χ3n) is 3.97. The summed E-state index contributed by atoms with van der Waals surface area (Å²) >= 11 is 6.15. The lowest BCUT2D eigenvalue weighted by atomic mass is 10.1. The third-order valence-corrected chi connectivity index (χ3v) is 4.27. The first-order valence-corrected chi connectivity index (χ1v) is 8.62. The lowest BCUT2D eigenvalue weighted by Gasteiger charge is -2.26. The number of rotatable bonds is 4. The number of ether oxygens (including phenoxy) is 1. The molecule has 1 N–H and O–H groups in total. The van der Waals surface area contributed by atoms with Gasteiger partial charge in [-0.25, -0.2) is 9.69 Å². The van der Waals surface area contributed by atoms with Crippen molar-refractivity contribution < 1.29 is 19.1 Å². The quantitative estimate of drug-likeness (QED) is 0.490. The molecule has 0 spiro atoms. The van der Waals surface area contributed by atoms with Gasteiger partial charge in [-0.1, -0.05) is 41.3 Å². The second kappa shape index (κ2) is 7.99. The molecule has 6 nitrogen and oxygen atoms in total. The number of halogens is 1. The fourth-order valence-corrected chi connectivity index (χ4v) is 2.84. The predicted octanol–water partition coefficient (Wildman–Crippen LogP) is 3.33. The summed E-state index contributed by atoms with van der Waals surface area (Å²) in [5, 5.41) is 2.45. The Labute approximate surface area is 166 Å². The molecule has 0 saturated carbocycles. The highest BCUT2D eigenvalue weighted by atomic mass is 35.5. The van der Waals surface area contributed by atoms with E-state index in [0.717, 1.165) is 10.5 Å². The topological polar surface area (TPSA) is 75.7 Å². The van der Waals surface area contributed by atoms with Gasteiger partial charge in [-0.05, 0) is 42.8 Å². The van der Waals surface area contributed by atoms with Gasteiger partial charge in [0.15, 0.2) is 0 Å². The number of hydrogen-bond donors (Lipinski definition) is 1. The molecule has 3 rings (SSSR count). The van der Waals surface area contributed by atoms with Crippen LogP contribution in [0.25, 0.3) is 6.08 Å². The van der Waals surface area contributed by atoms with Crippen molar-refractivity contribution in [2.24, 2.45) is 0 Å². The van der Waals surface area contributed by atoms with E-state index >= 15 is 0 Å². The first kappa shape index (κ1) is 19.2. The molecule has 1 aliphatic rings. The zero-order chi connectivity index (χ0) is 20.3. The van der Waals surface area contributed by atoms with E-state index in [2.05, 4.69) is 11.2 Å². The fourth-order valence-electron chi connectivity index (χ4n) is 2.60. The summed E-state index contributed by atoms with van der Waals surface area (Å²) < 4.78 is 5.28. The molecule has 1 fully saturated rings. The van der Waals surface area contributed by atoms with Gasteiger partial charge in [-0.2, -0.15) is 0 Å². The lowest BCUT2D eigenvalue weighted by molar-refractivity contribution is -0.122. The second-order valence-corrected chi connectivity index (χ2v) is 6.38. The van der Waals surface area contributed by atoms with Crippen LogP contribution in [0, 0.1) is 19.3 Å².